The highest BCUT2D eigenvalue weighted by atomic mass is 35.5. The van der Waals surface area contributed by atoms with Crippen LogP contribution in [0.4, 0.5) is 0 Å². The number of Topliss-reactive ketones (excluding diaryl/α,β-unsaturated/α-hetero) is 2. The fourth-order valence-electron chi connectivity index (χ4n) is 3.62. The zero-order valence-corrected chi connectivity index (χ0v) is 20.9. The van der Waals surface area contributed by atoms with E-state index in [4.69, 9.17) is 16.3 Å². The maximum Gasteiger partial charge on any atom is 0.304 e. The first-order valence-corrected chi connectivity index (χ1v) is 11.5. The molecule has 32 heavy (non-hydrogen) atoms. The van der Waals surface area contributed by atoms with E-state index >= 15 is 0 Å². The van der Waals surface area contributed by atoms with Crippen LogP contribution < -0.4 is 0 Å². The molecule has 5 nitrogen and oxygen atoms in total. The largest absolute Gasteiger partial charge is 0.443 e. The molecule has 0 radical (unpaired) electrons. The second kappa shape index (κ2) is 10.5. The molecule has 2 aliphatic rings. The first-order chi connectivity index (χ1) is 14.9. The van der Waals surface area contributed by atoms with Crippen molar-refractivity contribution in [2.45, 2.75) is 66.9 Å². The summed E-state index contributed by atoms with van der Waals surface area (Å²) in [4.78, 5) is 39.7. The Labute approximate surface area is 196 Å². The number of carbonyl (C=O) groups excluding carboxylic acids is 3. The molecule has 1 aliphatic heterocycles. The Morgan fingerprint density at radius 2 is 1.88 bits per heavy atom. The molecule has 0 spiro atoms. The maximum atomic E-state index is 13.2. The molecule has 2 unspecified atom stereocenters. The average molecular weight is 460 g/mol. The lowest BCUT2D eigenvalue weighted by atomic mass is 9.79. The number of nitrogens with zero attached hydrogens (tertiary/aromatic N) is 1. The van der Waals surface area contributed by atoms with Gasteiger partial charge in [0, 0.05) is 36.5 Å². The van der Waals surface area contributed by atoms with Crippen LogP contribution in [0.25, 0.3) is 0 Å². The molecule has 0 aromatic rings. The van der Waals surface area contributed by atoms with E-state index in [9.17, 15) is 14.4 Å². The Morgan fingerprint density at radius 1 is 1.22 bits per heavy atom. The molecule has 2 atom stereocenters. The fourth-order valence-corrected chi connectivity index (χ4v) is 3.95. The van der Waals surface area contributed by atoms with Gasteiger partial charge in [-0.3, -0.25) is 14.4 Å². The molecule has 6 heteroatoms. The van der Waals surface area contributed by atoms with Crippen LogP contribution in [-0.4, -0.2) is 34.6 Å². The number of ether oxygens (including phenoxy) is 1. The number of esters is 1. The van der Waals surface area contributed by atoms with Crippen molar-refractivity contribution in [1.29, 1.82) is 0 Å². The van der Waals surface area contributed by atoms with Gasteiger partial charge in [-0.05, 0) is 44.3 Å². The summed E-state index contributed by atoms with van der Waals surface area (Å²) < 4.78 is 5.15. The summed E-state index contributed by atoms with van der Waals surface area (Å²) in [6.45, 7) is 13.8. The molecular weight excluding hydrogens is 426 g/mol. The molecule has 0 bridgehead atoms. The summed E-state index contributed by atoms with van der Waals surface area (Å²) in [5.74, 6) is -1.01. The maximum absolute atomic E-state index is 13.2. The third-order valence-electron chi connectivity index (χ3n) is 5.75. The molecule has 0 fully saturated rings. The molecule has 0 amide bonds. The van der Waals surface area contributed by atoms with Crippen molar-refractivity contribution in [2.75, 3.05) is 6.54 Å². The van der Waals surface area contributed by atoms with E-state index in [0.717, 1.165) is 24.1 Å². The van der Waals surface area contributed by atoms with Gasteiger partial charge in [0.2, 0.25) is 17.2 Å². The molecule has 0 saturated heterocycles. The summed E-state index contributed by atoms with van der Waals surface area (Å²) in [6.07, 6.45) is 11.7. The van der Waals surface area contributed by atoms with Crippen LogP contribution in [0, 0.1) is 11.8 Å². The molecule has 0 aromatic heterocycles. The first-order valence-electron chi connectivity index (χ1n) is 11.2. The predicted octanol–water partition coefficient (Wildman–Crippen LogP) is 5.63. The van der Waals surface area contributed by atoms with Crippen LogP contribution >= 0.6 is 11.6 Å². The van der Waals surface area contributed by atoms with Gasteiger partial charge < -0.3 is 9.64 Å². The second-order valence-corrected chi connectivity index (χ2v) is 9.51. The number of fused-ring (bicyclic) bond motifs is 1. The van der Waals surface area contributed by atoms with Gasteiger partial charge in [-0.15, -0.1) is 0 Å². The standard InChI is InChI=1S/C26H34ClNO4/c1-8-17(4)13-18(5)9-10-20-14-21-22(15-28(20)12-11-16(2)3)24(30)26(7,32-19(6)29)25(31)23(21)27/h9-10,13-17H,8,11-12H2,1-7H3/b10-9+,18-13+. The van der Waals surface area contributed by atoms with Crippen LogP contribution in [0.15, 0.2) is 58.0 Å². The lowest BCUT2D eigenvalue weighted by Gasteiger charge is -2.35. The minimum absolute atomic E-state index is 0.0964. The summed E-state index contributed by atoms with van der Waals surface area (Å²) in [5.41, 5.74) is 0.688. The highest BCUT2D eigenvalue weighted by Crippen LogP contribution is 2.39. The van der Waals surface area contributed by atoms with E-state index in [1.165, 1.54) is 13.8 Å². The van der Waals surface area contributed by atoms with Crippen molar-refractivity contribution < 1.29 is 19.1 Å². The first kappa shape index (κ1) is 25.9. The number of hydrogen-bond donors (Lipinski definition) is 0. The Morgan fingerprint density at radius 3 is 2.44 bits per heavy atom. The van der Waals surface area contributed by atoms with Gasteiger partial charge in [-0.25, -0.2) is 0 Å². The smallest absolute Gasteiger partial charge is 0.304 e. The summed E-state index contributed by atoms with van der Waals surface area (Å²) in [7, 11) is 0. The third kappa shape index (κ3) is 5.69. The number of ketones is 2. The Balaban J connectivity index is 2.54. The van der Waals surface area contributed by atoms with Gasteiger partial charge in [0.15, 0.2) is 0 Å². The number of carbonyl (C=O) groups is 3. The van der Waals surface area contributed by atoms with Gasteiger partial charge in [-0.2, -0.15) is 0 Å². The van der Waals surface area contributed by atoms with Gasteiger partial charge in [0.25, 0.3) is 0 Å². The number of allylic oxidation sites excluding steroid dienone is 6. The molecular formula is C26H34ClNO4. The number of hydrogen-bond acceptors (Lipinski definition) is 5. The summed E-state index contributed by atoms with van der Waals surface area (Å²) >= 11 is 6.41. The second-order valence-electron chi connectivity index (χ2n) is 9.13. The zero-order valence-electron chi connectivity index (χ0n) is 20.1. The topological polar surface area (TPSA) is 63.7 Å². The fraction of sp³-hybridized carbons (Fsp3) is 0.500. The van der Waals surface area contributed by atoms with Gasteiger partial charge in [-0.1, -0.05) is 63.4 Å². The molecule has 2 rings (SSSR count). The Kier molecular flexibility index (Phi) is 8.47. The zero-order chi connectivity index (χ0) is 24.2. The van der Waals surface area contributed by atoms with E-state index in [1.54, 1.807) is 12.3 Å². The minimum atomic E-state index is -1.95. The third-order valence-corrected chi connectivity index (χ3v) is 6.12. The highest BCUT2D eigenvalue weighted by molar-refractivity contribution is 6.49. The van der Waals surface area contributed by atoms with Crippen LogP contribution in [0.1, 0.15) is 61.3 Å². The van der Waals surface area contributed by atoms with Crippen LogP contribution in [0.5, 0.6) is 0 Å². The summed E-state index contributed by atoms with van der Waals surface area (Å²) in [6, 6.07) is 0. The van der Waals surface area contributed by atoms with E-state index < -0.39 is 23.1 Å². The van der Waals surface area contributed by atoms with Gasteiger partial charge >= 0.3 is 5.97 Å². The van der Waals surface area contributed by atoms with Crippen LogP contribution in [0.2, 0.25) is 0 Å². The number of rotatable bonds is 8. The Bertz CT molecular complexity index is 951. The quantitative estimate of drug-likeness (QED) is 0.267. The molecule has 0 N–H and O–H groups in total. The minimum Gasteiger partial charge on any atom is -0.443 e. The molecule has 0 saturated carbocycles. The summed E-state index contributed by atoms with van der Waals surface area (Å²) in [5, 5.41) is -0.0964. The molecule has 1 heterocycles. The normalized spacial score (nSPS) is 22.9. The number of halogens is 1. The lowest BCUT2D eigenvalue weighted by Crippen LogP contribution is -2.52. The molecule has 174 valence electrons. The average Bonchev–Trinajstić information content (AvgIpc) is 2.72. The van der Waals surface area contributed by atoms with E-state index in [2.05, 4.69) is 40.7 Å². The van der Waals surface area contributed by atoms with E-state index in [0.29, 0.717) is 24.0 Å². The molecule has 1 aliphatic carbocycles. The lowest BCUT2D eigenvalue weighted by molar-refractivity contribution is -0.167. The van der Waals surface area contributed by atoms with Gasteiger partial charge in [0.05, 0.1) is 5.03 Å². The molecule has 0 aromatic carbocycles. The van der Waals surface area contributed by atoms with Crippen molar-refractivity contribution in [2.24, 2.45) is 11.8 Å². The van der Waals surface area contributed by atoms with Crippen LogP contribution in [-0.2, 0) is 19.1 Å². The van der Waals surface area contributed by atoms with Gasteiger partial charge in [0.1, 0.15) is 0 Å². The van der Waals surface area contributed by atoms with Crippen LogP contribution in [0.3, 0.4) is 0 Å². The van der Waals surface area contributed by atoms with Crippen molar-refractivity contribution in [3.8, 4) is 0 Å². The van der Waals surface area contributed by atoms with Crippen molar-refractivity contribution >= 4 is 29.1 Å². The predicted molar refractivity (Wildman–Crippen MR) is 128 cm³/mol. The van der Waals surface area contributed by atoms with E-state index in [-0.39, 0.29) is 10.6 Å². The highest BCUT2D eigenvalue weighted by Gasteiger charge is 2.52. The monoisotopic (exact) mass is 459 g/mol. The van der Waals surface area contributed by atoms with E-state index in [1.807, 2.05) is 17.1 Å². The Hall–Kier alpha value is -2.40. The van der Waals surface area contributed by atoms with Crippen molar-refractivity contribution in [3.05, 3.63) is 58.0 Å². The van der Waals surface area contributed by atoms with Crippen molar-refractivity contribution in [3.63, 3.8) is 0 Å². The van der Waals surface area contributed by atoms with Crippen molar-refractivity contribution in [1.82, 2.24) is 4.90 Å². The SMILES string of the molecule is CCC(C)/C=C(C)/C=C/C1=CC2=C(Cl)C(=O)C(C)(OC(C)=O)C(=O)C2=CN1CCC(C)C.